The summed E-state index contributed by atoms with van der Waals surface area (Å²) in [5.74, 6) is 0. The van der Waals surface area contributed by atoms with Crippen molar-refractivity contribution in [3.8, 4) is 6.07 Å². The molecule has 0 saturated carbocycles. The van der Waals surface area contributed by atoms with Crippen LogP contribution >= 0.6 is 0 Å². The fourth-order valence-electron chi connectivity index (χ4n) is 1.34. The molecule has 2 rings (SSSR count). The van der Waals surface area contributed by atoms with E-state index in [1.807, 2.05) is 30.3 Å². The molecule has 0 saturated heterocycles. The van der Waals surface area contributed by atoms with Crippen LogP contribution in [0.3, 0.4) is 0 Å². The average molecular weight is 187 g/mol. The Morgan fingerprint density at radius 1 is 1.57 bits per heavy atom. The van der Waals surface area contributed by atoms with E-state index in [1.54, 1.807) is 0 Å². The Bertz CT molecular complexity index is 420. The van der Waals surface area contributed by atoms with Crippen LogP contribution < -0.4 is 5.73 Å². The third kappa shape index (κ3) is 1.52. The van der Waals surface area contributed by atoms with Crippen LogP contribution in [0.5, 0.6) is 0 Å². The van der Waals surface area contributed by atoms with Crippen LogP contribution in [-0.2, 0) is 4.84 Å². The fraction of sp³-hybridized carbons (Fsp3) is 0.200. The van der Waals surface area contributed by atoms with Crippen molar-refractivity contribution in [2.24, 2.45) is 5.16 Å². The molecule has 0 bridgehead atoms. The van der Waals surface area contributed by atoms with Gasteiger partial charge in [-0.25, -0.2) is 0 Å². The van der Waals surface area contributed by atoms with E-state index in [-0.39, 0.29) is 0 Å². The standard InChI is InChI=1S/C10H9N3O/c11-6-9-5-10(13-14-9)7-2-1-3-8(12)4-7/h1-4,9H,5,12H2. The summed E-state index contributed by atoms with van der Waals surface area (Å²) in [7, 11) is 0. The number of anilines is 1. The molecule has 1 heterocycles. The van der Waals surface area contributed by atoms with Crippen molar-refractivity contribution in [1.29, 1.82) is 5.26 Å². The van der Waals surface area contributed by atoms with E-state index in [0.29, 0.717) is 12.1 Å². The summed E-state index contributed by atoms with van der Waals surface area (Å²) < 4.78 is 0. The molecule has 0 radical (unpaired) electrons. The number of nitrogens with two attached hydrogens (primary N) is 1. The number of benzene rings is 1. The van der Waals surface area contributed by atoms with Gasteiger partial charge in [0.2, 0.25) is 6.10 Å². The van der Waals surface area contributed by atoms with Crippen LogP contribution in [-0.4, -0.2) is 11.8 Å². The monoisotopic (exact) mass is 187 g/mol. The average Bonchev–Trinajstić information content (AvgIpc) is 2.66. The van der Waals surface area contributed by atoms with E-state index >= 15 is 0 Å². The normalized spacial score (nSPS) is 19.6. The van der Waals surface area contributed by atoms with E-state index in [9.17, 15) is 0 Å². The van der Waals surface area contributed by atoms with Gasteiger partial charge in [-0.1, -0.05) is 17.3 Å². The first-order valence-electron chi connectivity index (χ1n) is 4.28. The quantitative estimate of drug-likeness (QED) is 0.673. The third-order valence-corrected chi connectivity index (χ3v) is 2.03. The Morgan fingerprint density at radius 2 is 2.43 bits per heavy atom. The van der Waals surface area contributed by atoms with Crippen molar-refractivity contribution in [1.82, 2.24) is 0 Å². The number of hydrogen-bond acceptors (Lipinski definition) is 4. The molecule has 70 valence electrons. The van der Waals surface area contributed by atoms with Gasteiger partial charge in [0, 0.05) is 17.7 Å². The zero-order valence-corrected chi connectivity index (χ0v) is 7.47. The molecule has 0 fully saturated rings. The van der Waals surface area contributed by atoms with Gasteiger partial charge in [0.05, 0.1) is 5.71 Å². The van der Waals surface area contributed by atoms with Crippen molar-refractivity contribution in [2.45, 2.75) is 12.5 Å². The van der Waals surface area contributed by atoms with Crippen LogP contribution in [0.2, 0.25) is 0 Å². The Hall–Kier alpha value is -2.02. The van der Waals surface area contributed by atoms with Crippen LogP contribution in [0.25, 0.3) is 0 Å². The summed E-state index contributed by atoms with van der Waals surface area (Å²) in [6.45, 7) is 0. The lowest BCUT2D eigenvalue weighted by atomic mass is 10.1. The number of hydrogen-bond donors (Lipinski definition) is 1. The molecule has 0 amide bonds. The first kappa shape index (κ1) is 8.57. The first-order valence-corrected chi connectivity index (χ1v) is 4.28. The summed E-state index contributed by atoms with van der Waals surface area (Å²) in [5.41, 5.74) is 8.02. The van der Waals surface area contributed by atoms with Gasteiger partial charge in [0.25, 0.3) is 0 Å². The summed E-state index contributed by atoms with van der Waals surface area (Å²) in [5, 5.41) is 12.5. The van der Waals surface area contributed by atoms with Crippen LogP contribution in [0.1, 0.15) is 12.0 Å². The van der Waals surface area contributed by atoms with Crippen molar-refractivity contribution in [2.75, 3.05) is 5.73 Å². The summed E-state index contributed by atoms with van der Waals surface area (Å²) in [4.78, 5) is 4.90. The molecule has 4 heteroatoms. The molecule has 1 atom stereocenters. The Labute approximate surface area is 81.6 Å². The smallest absolute Gasteiger partial charge is 0.218 e. The zero-order chi connectivity index (χ0) is 9.97. The summed E-state index contributed by atoms with van der Waals surface area (Å²) in [6.07, 6.45) is 0.0754. The lowest BCUT2D eigenvalue weighted by Gasteiger charge is -1.99. The van der Waals surface area contributed by atoms with E-state index in [0.717, 1.165) is 11.3 Å². The van der Waals surface area contributed by atoms with Crippen molar-refractivity contribution in [3.63, 3.8) is 0 Å². The zero-order valence-electron chi connectivity index (χ0n) is 7.47. The second-order valence-corrected chi connectivity index (χ2v) is 3.09. The van der Waals surface area contributed by atoms with E-state index < -0.39 is 6.10 Å². The number of nitriles is 1. The van der Waals surface area contributed by atoms with Crippen LogP contribution in [0.4, 0.5) is 5.69 Å². The van der Waals surface area contributed by atoms with Gasteiger partial charge in [-0.05, 0) is 12.1 Å². The van der Waals surface area contributed by atoms with Crippen LogP contribution in [0.15, 0.2) is 29.4 Å². The molecule has 2 N–H and O–H groups in total. The van der Waals surface area contributed by atoms with E-state index in [1.165, 1.54) is 0 Å². The molecular formula is C10H9N3O. The van der Waals surface area contributed by atoms with Gasteiger partial charge in [0.1, 0.15) is 6.07 Å². The number of rotatable bonds is 1. The predicted octanol–water partition coefficient (Wildman–Crippen LogP) is 1.29. The third-order valence-electron chi connectivity index (χ3n) is 2.03. The SMILES string of the molecule is N#CC1CC(c2cccc(N)c2)=NO1. The van der Waals surface area contributed by atoms with Crippen molar-refractivity contribution in [3.05, 3.63) is 29.8 Å². The molecule has 0 aliphatic carbocycles. The minimum atomic E-state index is -0.452. The number of oxime groups is 1. The molecule has 1 aromatic rings. The predicted molar refractivity (Wildman–Crippen MR) is 52.5 cm³/mol. The van der Waals surface area contributed by atoms with E-state index in [2.05, 4.69) is 5.16 Å². The van der Waals surface area contributed by atoms with Gasteiger partial charge >= 0.3 is 0 Å². The van der Waals surface area contributed by atoms with Gasteiger partial charge < -0.3 is 10.6 Å². The Morgan fingerprint density at radius 3 is 3.07 bits per heavy atom. The van der Waals surface area contributed by atoms with Gasteiger partial charge in [0.15, 0.2) is 0 Å². The maximum absolute atomic E-state index is 8.61. The minimum absolute atomic E-state index is 0.452. The molecule has 1 aliphatic rings. The Kier molecular flexibility index (Phi) is 2.07. The molecule has 0 spiro atoms. The Balaban J connectivity index is 2.22. The maximum Gasteiger partial charge on any atom is 0.218 e. The fourth-order valence-corrected chi connectivity index (χ4v) is 1.34. The molecule has 1 aliphatic heterocycles. The topological polar surface area (TPSA) is 71.4 Å². The van der Waals surface area contributed by atoms with Crippen LogP contribution in [0, 0.1) is 11.3 Å². The van der Waals surface area contributed by atoms with E-state index in [4.69, 9.17) is 15.8 Å². The lowest BCUT2D eigenvalue weighted by molar-refractivity contribution is 0.125. The molecule has 14 heavy (non-hydrogen) atoms. The largest absolute Gasteiger partial charge is 0.399 e. The maximum atomic E-state index is 8.61. The molecule has 0 aromatic heterocycles. The second kappa shape index (κ2) is 3.38. The molecule has 4 nitrogen and oxygen atoms in total. The van der Waals surface area contributed by atoms with Gasteiger partial charge in [-0.3, -0.25) is 0 Å². The first-order chi connectivity index (χ1) is 6.79. The highest BCUT2D eigenvalue weighted by molar-refractivity contribution is 6.02. The molecule has 1 unspecified atom stereocenters. The van der Waals surface area contributed by atoms with Gasteiger partial charge in [-0.15, -0.1) is 0 Å². The number of nitrogen functional groups attached to an aromatic ring is 1. The van der Waals surface area contributed by atoms with Gasteiger partial charge in [-0.2, -0.15) is 5.26 Å². The minimum Gasteiger partial charge on any atom is -0.399 e. The highest BCUT2D eigenvalue weighted by atomic mass is 16.6. The highest BCUT2D eigenvalue weighted by Crippen LogP contribution is 2.17. The number of nitrogens with zero attached hydrogens (tertiary/aromatic N) is 2. The second-order valence-electron chi connectivity index (χ2n) is 3.09. The van der Waals surface area contributed by atoms with Crippen molar-refractivity contribution >= 4 is 11.4 Å². The summed E-state index contributed by atoms with van der Waals surface area (Å²) in [6, 6.07) is 9.39. The van der Waals surface area contributed by atoms with Crippen molar-refractivity contribution < 1.29 is 4.84 Å². The summed E-state index contributed by atoms with van der Waals surface area (Å²) >= 11 is 0. The lowest BCUT2D eigenvalue weighted by Crippen LogP contribution is -2.05. The molecular weight excluding hydrogens is 178 g/mol. The highest BCUT2D eigenvalue weighted by Gasteiger charge is 2.21. The molecule has 1 aromatic carbocycles.